The van der Waals surface area contributed by atoms with E-state index in [1.54, 1.807) is 42.5 Å². The number of carbonyl (C=O) groups excluding carboxylic acids is 2. The summed E-state index contributed by atoms with van der Waals surface area (Å²) in [6, 6.07) is 11.6. The predicted molar refractivity (Wildman–Crippen MR) is 93.3 cm³/mol. The van der Waals surface area contributed by atoms with Gasteiger partial charge in [0, 0.05) is 28.5 Å². The van der Waals surface area contributed by atoms with Crippen LogP contribution in [0.25, 0.3) is 0 Å². The predicted octanol–water partition coefficient (Wildman–Crippen LogP) is 3.93. The van der Waals surface area contributed by atoms with Crippen LogP contribution in [0.1, 0.15) is 5.56 Å². The molecule has 0 saturated heterocycles. The molecule has 0 aliphatic carbocycles. The number of nitrogens with one attached hydrogen (secondary N) is 3. The SMILES string of the molecule is CNC(=O)Nc1ccc(NC(=O)Cc2c(Cl)cccc2Cl)cc1. The van der Waals surface area contributed by atoms with Crippen molar-refractivity contribution in [2.24, 2.45) is 0 Å². The van der Waals surface area contributed by atoms with Crippen LogP contribution in [0.5, 0.6) is 0 Å². The Morgan fingerprint density at radius 1 is 0.913 bits per heavy atom. The van der Waals surface area contributed by atoms with Crippen LogP contribution in [0.4, 0.5) is 16.2 Å². The first-order valence-electron chi connectivity index (χ1n) is 6.81. The molecule has 23 heavy (non-hydrogen) atoms. The average molecular weight is 352 g/mol. The molecular weight excluding hydrogens is 337 g/mol. The zero-order valence-electron chi connectivity index (χ0n) is 12.3. The van der Waals surface area contributed by atoms with Crippen molar-refractivity contribution in [3.63, 3.8) is 0 Å². The van der Waals surface area contributed by atoms with Crippen molar-refractivity contribution in [1.29, 1.82) is 0 Å². The Bertz CT molecular complexity index is 698. The lowest BCUT2D eigenvalue weighted by atomic mass is 10.1. The van der Waals surface area contributed by atoms with Crippen LogP contribution in [-0.2, 0) is 11.2 Å². The summed E-state index contributed by atoms with van der Waals surface area (Å²) in [6.45, 7) is 0. The average Bonchev–Trinajstić information content (AvgIpc) is 2.53. The summed E-state index contributed by atoms with van der Waals surface area (Å²) in [5.74, 6) is -0.230. The van der Waals surface area contributed by atoms with E-state index in [4.69, 9.17) is 23.2 Å². The maximum Gasteiger partial charge on any atom is 0.318 e. The van der Waals surface area contributed by atoms with Gasteiger partial charge >= 0.3 is 6.03 Å². The van der Waals surface area contributed by atoms with Gasteiger partial charge in [0.05, 0.1) is 6.42 Å². The lowest BCUT2D eigenvalue weighted by Crippen LogP contribution is -2.24. The Hall–Kier alpha value is -2.24. The monoisotopic (exact) mass is 351 g/mol. The van der Waals surface area contributed by atoms with E-state index in [9.17, 15) is 9.59 Å². The second-order valence-electron chi connectivity index (χ2n) is 4.71. The van der Waals surface area contributed by atoms with E-state index in [2.05, 4.69) is 16.0 Å². The second-order valence-corrected chi connectivity index (χ2v) is 5.52. The molecule has 2 aromatic rings. The lowest BCUT2D eigenvalue weighted by Gasteiger charge is -2.09. The molecule has 0 saturated carbocycles. The highest BCUT2D eigenvalue weighted by molar-refractivity contribution is 6.36. The number of anilines is 2. The van der Waals surface area contributed by atoms with Crippen LogP contribution in [0.2, 0.25) is 10.0 Å². The van der Waals surface area contributed by atoms with Gasteiger partial charge in [0.2, 0.25) is 5.91 Å². The number of halogens is 2. The Kier molecular flexibility index (Phi) is 5.84. The highest BCUT2D eigenvalue weighted by Crippen LogP contribution is 2.25. The summed E-state index contributed by atoms with van der Waals surface area (Å²) in [6.07, 6.45) is 0.0801. The molecule has 0 aliphatic heterocycles. The normalized spacial score (nSPS) is 10.0. The van der Waals surface area contributed by atoms with Crippen LogP contribution in [0.3, 0.4) is 0 Å². The Labute approximate surface area is 144 Å². The van der Waals surface area contributed by atoms with Crippen LogP contribution >= 0.6 is 23.2 Å². The Morgan fingerprint density at radius 2 is 1.43 bits per heavy atom. The summed E-state index contributed by atoms with van der Waals surface area (Å²) >= 11 is 12.1. The molecule has 3 amide bonds. The minimum Gasteiger partial charge on any atom is -0.341 e. The number of urea groups is 1. The second kappa shape index (κ2) is 7.85. The maximum atomic E-state index is 12.1. The molecule has 2 rings (SSSR count). The number of rotatable bonds is 4. The fourth-order valence-electron chi connectivity index (χ4n) is 1.90. The summed E-state index contributed by atoms with van der Waals surface area (Å²) in [4.78, 5) is 23.3. The topological polar surface area (TPSA) is 70.2 Å². The molecule has 7 heteroatoms. The van der Waals surface area contributed by atoms with Crippen molar-refractivity contribution in [3.8, 4) is 0 Å². The van der Waals surface area contributed by atoms with Gasteiger partial charge in [0.1, 0.15) is 0 Å². The highest BCUT2D eigenvalue weighted by atomic mass is 35.5. The molecule has 0 radical (unpaired) electrons. The quantitative estimate of drug-likeness (QED) is 0.780. The minimum absolute atomic E-state index is 0.0801. The molecule has 120 valence electrons. The van der Waals surface area contributed by atoms with E-state index in [1.807, 2.05) is 0 Å². The maximum absolute atomic E-state index is 12.1. The van der Waals surface area contributed by atoms with Crippen LogP contribution in [-0.4, -0.2) is 19.0 Å². The van der Waals surface area contributed by atoms with Gasteiger partial charge < -0.3 is 16.0 Å². The smallest absolute Gasteiger partial charge is 0.318 e. The third kappa shape index (κ3) is 4.87. The van der Waals surface area contributed by atoms with Crippen LogP contribution in [0, 0.1) is 0 Å². The molecule has 0 aromatic heterocycles. The van der Waals surface area contributed by atoms with Gasteiger partial charge in [0.25, 0.3) is 0 Å². The Balaban J connectivity index is 1.99. The van der Waals surface area contributed by atoms with Crippen LogP contribution < -0.4 is 16.0 Å². The molecule has 0 fully saturated rings. The minimum atomic E-state index is -0.310. The molecule has 0 unspecified atom stereocenters. The van der Waals surface area contributed by atoms with E-state index in [0.29, 0.717) is 27.0 Å². The summed E-state index contributed by atoms with van der Waals surface area (Å²) in [5.41, 5.74) is 1.82. The van der Waals surface area contributed by atoms with Crippen molar-refractivity contribution in [3.05, 3.63) is 58.1 Å². The molecular formula is C16H15Cl2N3O2. The fourth-order valence-corrected chi connectivity index (χ4v) is 2.43. The van der Waals surface area contributed by atoms with Gasteiger partial charge in [-0.05, 0) is 42.0 Å². The van der Waals surface area contributed by atoms with Gasteiger partial charge in [-0.25, -0.2) is 4.79 Å². The molecule has 0 bridgehead atoms. The van der Waals surface area contributed by atoms with Crippen molar-refractivity contribution in [1.82, 2.24) is 5.32 Å². The molecule has 0 atom stereocenters. The third-order valence-electron chi connectivity index (χ3n) is 3.05. The fraction of sp³-hybridized carbons (Fsp3) is 0.125. The first-order chi connectivity index (χ1) is 11.0. The molecule has 5 nitrogen and oxygen atoms in total. The highest BCUT2D eigenvalue weighted by Gasteiger charge is 2.11. The number of carbonyl (C=O) groups is 2. The first kappa shape index (κ1) is 17.1. The molecule has 0 spiro atoms. The third-order valence-corrected chi connectivity index (χ3v) is 3.76. The number of hydrogen-bond donors (Lipinski definition) is 3. The standard InChI is InChI=1S/C16H15Cl2N3O2/c1-19-16(23)21-11-7-5-10(6-8-11)20-15(22)9-12-13(17)3-2-4-14(12)18/h2-8H,9H2,1H3,(H,20,22)(H2,19,21,23). The summed E-state index contributed by atoms with van der Waals surface area (Å²) in [5, 5.41) is 8.75. The van der Waals surface area contributed by atoms with Crippen molar-refractivity contribution in [2.45, 2.75) is 6.42 Å². The van der Waals surface area contributed by atoms with E-state index < -0.39 is 0 Å². The largest absolute Gasteiger partial charge is 0.341 e. The van der Waals surface area contributed by atoms with Gasteiger partial charge in [-0.1, -0.05) is 29.3 Å². The van der Waals surface area contributed by atoms with Gasteiger partial charge in [-0.2, -0.15) is 0 Å². The number of hydrogen-bond acceptors (Lipinski definition) is 2. The van der Waals surface area contributed by atoms with Crippen molar-refractivity contribution in [2.75, 3.05) is 17.7 Å². The molecule has 2 aromatic carbocycles. The first-order valence-corrected chi connectivity index (χ1v) is 7.56. The number of benzene rings is 2. The summed E-state index contributed by atoms with van der Waals surface area (Å²) in [7, 11) is 1.53. The zero-order chi connectivity index (χ0) is 16.8. The van der Waals surface area contributed by atoms with E-state index in [1.165, 1.54) is 7.05 Å². The van der Waals surface area contributed by atoms with Crippen molar-refractivity contribution >= 4 is 46.5 Å². The Morgan fingerprint density at radius 3 is 1.96 bits per heavy atom. The van der Waals surface area contributed by atoms with E-state index >= 15 is 0 Å². The molecule has 0 aliphatic rings. The summed E-state index contributed by atoms with van der Waals surface area (Å²) < 4.78 is 0. The van der Waals surface area contributed by atoms with Gasteiger partial charge in [-0.3, -0.25) is 4.79 Å². The van der Waals surface area contributed by atoms with Gasteiger partial charge in [-0.15, -0.1) is 0 Å². The van der Waals surface area contributed by atoms with E-state index in [0.717, 1.165) is 0 Å². The van der Waals surface area contributed by atoms with E-state index in [-0.39, 0.29) is 18.4 Å². The number of amides is 3. The van der Waals surface area contributed by atoms with Gasteiger partial charge in [0.15, 0.2) is 0 Å². The zero-order valence-corrected chi connectivity index (χ0v) is 13.8. The lowest BCUT2D eigenvalue weighted by molar-refractivity contribution is -0.115. The van der Waals surface area contributed by atoms with Crippen LogP contribution in [0.15, 0.2) is 42.5 Å². The molecule has 0 heterocycles. The van der Waals surface area contributed by atoms with Crippen molar-refractivity contribution < 1.29 is 9.59 Å². The molecule has 3 N–H and O–H groups in total.